The monoisotopic (exact) mass is 453 g/mol. The van der Waals surface area contributed by atoms with E-state index in [1.54, 1.807) is 55.5 Å². The van der Waals surface area contributed by atoms with Crippen molar-refractivity contribution in [3.05, 3.63) is 82.3 Å². The van der Waals surface area contributed by atoms with Gasteiger partial charge in [-0.05, 0) is 55.5 Å². The number of carbonyl (C=O) groups is 2. The molecular weight excluding hydrogens is 434 g/mol. The van der Waals surface area contributed by atoms with Crippen molar-refractivity contribution < 1.29 is 28.6 Å². The normalized spacial score (nSPS) is 17.6. The molecule has 0 bridgehead atoms. The van der Waals surface area contributed by atoms with Crippen LogP contribution in [0.4, 0.5) is 5.69 Å². The number of carbonyl (C=O) groups excluding carboxylic acids is 2. The van der Waals surface area contributed by atoms with Gasteiger partial charge in [0.15, 0.2) is 11.5 Å². The first-order valence-corrected chi connectivity index (χ1v) is 10.1. The summed E-state index contributed by atoms with van der Waals surface area (Å²) in [4.78, 5) is 27.5. The van der Waals surface area contributed by atoms with Gasteiger partial charge in [0.2, 0.25) is 0 Å². The van der Waals surface area contributed by atoms with Crippen LogP contribution in [0.3, 0.4) is 0 Å². The molecule has 8 heteroatoms. The predicted octanol–water partition coefficient (Wildman–Crippen LogP) is 4.88. The van der Waals surface area contributed by atoms with Crippen molar-refractivity contribution >= 4 is 34.7 Å². The highest BCUT2D eigenvalue weighted by Gasteiger charge is 2.48. The molecule has 1 amide bonds. The number of anilines is 1. The number of furan rings is 1. The number of rotatable bonds is 5. The highest BCUT2D eigenvalue weighted by molar-refractivity contribution is 6.51. The Balaban J connectivity index is 1.93. The Labute approximate surface area is 189 Å². The second-order valence-electron chi connectivity index (χ2n) is 7.17. The lowest BCUT2D eigenvalue weighted by Crippen LogP contribution is -2.29. The number of Topliss-reactive ketones (excluding diaryl/α,β-unsaturated/α-hetero) is 1. The van der Waals surface area contributed by atoms with Gasteiger partial charge in [-0.1, -0.05) is 17.7 Å². The number of methoxy groups -OCH3 is 2. The minimum atomic E-state index is -0.977. The highest BCUT2D eigenvalue weighted by atomic mass is 35.5. The average Bonchev–Trinajstić information content (AvgIpc) is 3.33. The molecule has 1 atom stereocenters. The summed E-state index contributed by atoms with van der Waals surface area (Å²) in [7, 11) is 2.96. The average molecular weight is 454 g/mol. The lowest BCUT2D eigenvalue weighted by Gasteiger charge is -2.23. The van der Waals surface area contributed by atoms with Crippen LogP contribution in [-0.2, 0) is 9.59 Å². The van der Waals surface area contributed by atoms with Crippen LogP contribution in [0.25, 0.3) is 5.76 Å². The Hall–Kier alpha value is -3.71. The van der Waals surface area contributed by atoms with Gasteiger partial charge in [0.1, 0.15) is 23.3 Å². The fourth-order valence-corrected chi connectivity index (χ4v) is 3.92. The van der Waals surface area contributed by atoms with E-state index < -0.39 is 17.7 Å². The SMILES string of the molecule is COc1ccc(/C(O)=C2/C(=O)C(=O)N(c3cccc(Cl)c3)C2c2ccc(C)o2)cc1OC. The van der Waals surface area contributed by atoms with E-state index in [9.17, 15) is 14.7 Å². The van der Waals surface area contributed by atoms with Crippen molar-refractivity contribution in [3.8, 4) is 11.5 Å². The third kappa shape index (κ3) is 3.61. The molecule has 4 rings (SSSR count). The van der Waals surface area contributed by atoms with Crippen molar-refractivity contribution in [3.63, 3.8) is 0 Å². The van der Waals surface area contributed by atoms with Crippen molar-refractivity contribution in [2.75, 3.05) is 19.1 Å². The largest absolute Gasteiger partial charge is 0.507 e. The zero-order valence-electron chi connectivity index (χ0n) is 17.6. The summed E-state index contributed by atoms with van der Waals surface area (Å²) in [6.07, 6.45) is 0. The topological polar surface area (TPSA) is 89.2 Å². The first-order valence-electron chi connectivity index (χ1n) is 9.71. The van der Waals surface area contributed by atoms with E-state index in [1.165, 1.54) is 25.2 Å². The van der Waals surface area contributed by atoms with Gasteiger partial charge < -0.3 is 19.0 Å². The van der Waals surface area contributed by atoms with E-state index in [1.807, 2.05) is 0 Å². The fraction of sp³-hybridized carbons (Fsp3) is 0.167. The second kappa shape index (κ2) is 8.43. The number of hydrogen-bond acceptors (Lipinski definition) is 6. The number of aliphatic hydroxyl groups is 1. The smallest absolute Gasteiger partial charge is 0.300 e. The maximum Gasteiger partial charge on any atom is 0.300 e. The molecule has 1 aliphatic rings. The van der Waals surface area contributed by atoms with Gasteiger partial charge >= 0.3 is 0 Å². The molecule has 1 saturated heterocycles. The highest BCUT2D eigenvalue weighted by Crippen LogP contribution is 2.43. The van der Waals surface area contributed by atoms with Gasteiger partial charge in [-0.3, -0.25) is 14.5 Å². The quantitative estimate of drug-likeness (QED) is 0.336. The molecule has 1 aliphatic heterocycles. The molecule has 32 heavy (non-hydrogen) atoms. The Morgan fingerprint density at radius 2 is 1.78 bits per heavy atom. The summed E-state index contributed by atoms with van der Waals surface area (Å²) in [5, 5.41) is 11.6. The predicted molar refractivity (Wildman–Crippen MR) is 119 cm³/mol. The summed E-state index contributed by atoms with van der Waals surface area (Å²) in [5.41, 5.74) is 0.599. The number of hydrogen-bond donors (Lipinski definition) is 1. The molecule has 1 unspecified atom stereocenters. The molecule has 1 aromatic heterocycles. The van der Waals surface area contributed by atoms with Gasteiger partial charge in [0, 0.05) is 16.3 Å². The van der Waals surface area contributed by atoms with Crippen LogP contribution in [0.1, 0.15) is 23.1 Å². The summed E-state index contributed by atoms with van der Waals surface area (Å²) < 4.78 is 16.3. The molecule has 0 spiro atoms. The van der Waals surface area contributed by atoms with Gasteiger partial charge in [0.05, 0.1) is 19.8 Å². The molecule has 2 aromatic carbocycles. The first kappa shape index (κ1) is 21.5. The number of amides is 1. The minimum Gasteiger partial charge on any atom is -0.507 e. The van der Waals surface area contributed by atoms with Crippen LogP contribution in [0, 0.1) is 6.92 Å². The van der Waals surface area contributed by atoms with Crippen molar-refractivity contribution in [1.82, 2.24) is 0 Å². The van der Waals surface area contributed by atoms with Crippen molar-refractivity contribution in [1.29, 1.82) is 0 Å². The standard InChI is InChI=1S/C24H20ClNO6/c1-13-7-9-18(32-13)21-20(22(27)14-8-10-17(30-2)19(11-14)31-3)23(28)24(29)26(21)16-6-4-5-15(25)12-16/h4-12,21,27H,1-3H3/b22-20-. The zero-order valence-corrected chi connectivity index (χ0v) is 18.3. The van der Waals surface area contributed by atoms with Crippen LogP contribution in [0.2, 0.25) is 5.02 Å². The summed E-state index contributed by atoms with van der Waals surface area (Å²) in [6, 6.07) is 13.7. The Bertz CT molecular complexity index is 1240. The van der Waals surface area contributed by atoms with Crippen LogP contribution < -0.4 is 14.4 Å². The molecule has 7 nitrogen and oxygen atoms in total. The Morgan fingerprint density at radius 3 is 2.41 bits per heavy atom. The third-order valence-corrected chi connectivity index (χ3v) is 5.45. The number of ether oxygens (including phenoxy) is 2. The van der Waals surface area contributed by atoms with E-state index in [4.69, 9.17) is 25.5 Å². The first-order chi connectivity index (χ1) is 15.3. The fourth-order valence-electron chi connectivity index (χ4n) is 3.73. The van der Waals surface area contributed by atoms with Gasteiger partial charge in [-0.25, -0.2) is 0 Å². The number of benzene rings is 2. The third-order valence-electron chi connectivity index (χ3n) is 5.22. The van der Waals surface area contributed by atoms with Crippen molar-refractivity contribution in [2.45, 2.75) is 13.0 Å². The lowest BCUT2D eigenvalue weighted by atomic mass is 9.99. The van der Waals surface area contributed by atoms with Crippen LogP contribution in [-0.4, -0.2) is 31.0 Å². The summed E-state index contributed by atoms with van der Waals surface area (Å²) in [5.74, 6) is -0.225. The van der Waals surface area contributed by atoms with E-state index in [0.717, 1.165) is 0 Å². The van der Waals surface area contributed by atoms with Crippen LogP contribution in [0.15, 0.2) is 64.6 Å². The maximum atomic E-state index is 13.1. The molecule has 1 N–H and O–H groups in total. The molecule has 0 aliphatic carbocycles. The summed E-state index contributed by atoms with van der Waals surface area (Å²) in [6.45, 7) is 1.75. The van der Waals surface area contributed by atoms with Crippen LogP contribution >= 0.6 is 11.6 Å². The van der Waals surface area contributed by atoms with E-state index in [0.29, 0.717) is 39.3 Å². The van der Waals surface area contributed by atoms with Gasteiger partial charge in [-0.2, -0.15) is 0 Å². The molecule has 3 aromatic rings. The Morgan fingerprint density at radius 1 is 1.03 bits per heavy atom. The van der Waals surface area contributed by atoms with E-state index in [-0.39, 0.29) is 11.3 Å². The molecular formula is C24H20ClNO6. The molecule has 0 radical (unpaired) electrons. The zero-order chi connectivity index (χ0) is 23.0. The molecule has 2 heterocycles. The number of halogens is 1. The number of aryl methyl sites for hydroxylation is 1. The lowest BCUT2D eigenvalue weighted by molar-refractivity contribution is -0.132. The second-order valence-corrected chi connectivity index (χ2v) is 7.60. The summed E-state index contributed by atoms with van der Waals surface area (Å²) >= 11 is 6.13. The minimum absolute atomic E-state index is 0.100. The molecule has 0 saturated carbocycles. The molecule has 1 fully saturated rings. The van der Waals surface area contributed by atoms with Crippen LogP contribution in [0.5, 0.6) is 11.5 Å². The maximum absolute atomic E-state index is 13.1. The van der Waals surface area contributed by atoms with Crippen molar-refractivity contribution in [2.24, 2.45) is 0 Å². The van der Waals surface area contributed by atoms with Gasteiger partial charge in [-0.15, -0.1) is 0 Å². The van der Waals surface area contributed by atoms with E-state index in [2.05, 4.69) is 0 Å². The van der Waals surface area contributed by atoms with E-state index >= 15 is 0 Å². The number of aliphatic hydroxyl groups excluding tert-OH is 1. The Kier molecular flexibility index (Phi) is 5.67. The number of ketones is 1. The molecule has 164 valence electrons. The van der Waals surface area contributed by atoms with Gasteiger partial charge in [0.25, 0.3) is 11.7 Å². The number of nitrogens with zero attached hydrogens (tertiary/aromatic N) is 1.